The van der Waals surface area contributed by atoms with Gasteiger partial charge in [-0.25, -0.2) is 4.98 Å². The van der Waals surface area contributed by atoms with Crippen LogP contribution in [0.2, 0.25) is 0 Å². The van der Waals surface area contributed by atoms with Crippen LogP contribution in [0.15, 0.2) is 28.0 Å². The van der Waals surface area contributed by atoms with Crippen molar-refractivity contribution < 1.29 is 9.53 Å². The van der Waals surface area contributed by atoms with Crippen molar-refractivity contribution in [2.45, 2.75) is 71.1 Å². The fraction of sp³-hybridized carbons (Fsp3) is 0.520. The molecule has 0 radical (unpaired) electrons. The van der Waals surface area contributed by atoms with E-state index in [1.807, 2.05) is 32.9 Å². The number of ether oxygens (including phenoxy) is 1. The van der Waals surface area contributed by atoms with Crippen LogP contribution >= 0.6 is 24.0 Å². The molecule has 9 heteroatoms. The second-order valence-corrected chi connectivity index (χ2v) is 11.2. The van der Waals surface area contributed by atoms with Gasteiger partial charge in [-0.15, -0.1) is 0 Å². The molecule has 180 valence electrons. The Morgan fingerprint density at radius 3 is 2.56 bits per heavy atom. The molecule has 4 heterocycles. The second kappa shape index (κ2) is 9.43. The van der Waals surface area contributed by atoms with Gasteiger partial charge in [-0.2, -0.15) is 0 Å². The van der Waals surface area contributed by atoms with Gasteiger partial charge in [-0.3, -0.25) is 18.9 Å². The fourth-order valence-corrected chi connectivity index (χ4v) is 6.67. The summed E-state index contributed by atoms with van der Waals surface area (Å²) in [4.78, 5) is 36.5. The van der Waals surface area contributed by atoms with Gasteiger partial charge in [-0.05, 0) is 51.3 Å². The SMILES string of the molecule is Cc1cccn2c(=O)c(/C=C3\SC(=S)N(C4CCCCC4)C3=O)c(N3C[C@H](C)O[C@@H](C)C3)nc12. The Kier molecular flexibility index (Phi) is 6.52. The van der Waals surface area contributed by atoms with Crippen LogP contribution in [0.5, 0.6) is 0 Å². The van der Waals surface area contributed by atoms with Crippen molar-refractivity contribution in [3.05, 3.63) is 44.7 Å². The Labute approximate surface area is 209 Å². The third-order valence-corrected chi connectivity index (χ3v) is 8.15. The van der Waals surface area contributed by atoms with Crippen molar-refractivity contribution in [2.24, 2.45) is 0 Å². The molecule has 34 heavy (non-hydrogen) atoms. The first-order chi connectivity index (χ1) is 16.3. The van der Waals surface area contributed by atoms with E-state index in [0.29, 0.717) is 39.3 Å². The molecule has 7 nitrogen and oxygen atoms in total. The number of rotatable bonds is 3. The molecular weight excluding hydrogens is 468 g/mol. The van der Waals surface area contributed by atoms with Gasteiger partial charge in [0.05, 0.1) is 22.7 Å². The van der Waals surface area contributed by atoms with E-state index in [9.17, 15) is 9.59 Å². The summed E-state index contributed by atoms with van der Waals surface area (Å²) in [6.45, 7) is 7.25. The molecule has 2 aromatic heterocycles. The summed E-state index contributed by atoms with van der Waals surface area (Å²) in [5.41, 5.74) is 1.79. The van der Waals surface area contributed by atoms with Crippen LogP contribution in [0.1, 0.15) is 57.1 Å². The number of amides is 1. The van der Waals surface area contributed by atoms with Crippen molar-refractivity contribution in [1.29, 1.82) is 0 Å². The predicted octanol–water partition coefficient (Wildman–Crippen LogP) is 4.15. The minimum absolute atomic E-state index is 0.0123. The number of thioether (sulfide) groups is 1. The number of fused-ring (bicyclic) bond motifs is 1. The summed E-state index contributed by atoms with van der Waals surface area (Å²) >= 11 is 6.90. The molecule has 2 aromatic rings. The zero-order valence-electron chi connectivity index (χ0n) is 19.8. The minimum atomic E-state index is -0.182. The molecule has 3 fully saturated rings. The molecule has 2 aliphatic heterocycles. The maximum absolute atomic E-state index is 13.7. The number of carbonyl (C=O) groups excluding carboxylic acids is 1. The maximum Gasteiger partial charge on any atom is 0.267 e. The van der Waals surface area contributed by atoms with Gasteiger partial charge in [0.15, 0.2) is 0 Å². The summed E-state index contributed by atoms with van der Waals surface area (Å²) < 4.78 is 8.07. The first-order valence-electron chi connectivity index (χ1n) is 12.0. The fourth-order valence-electron chi connectivity index (χ4n) is 5.28. The summed E-state index contributed by atoms with van der Waals surface area (Å²) in [5, 5.41) is 0. The molecule has 1 amide bonds. The first-order valence-corrected chi connectivity index (χ1v) is 13.3. The zero-order valence-corrected chi connectivity index (χ0v) is 21.5. The lowest BCUT2D eigenvalue weighted by Gasteiger charge is -2.36. The van der Waals surface area contributed by atoms with Gasteiger partial charge in [-0.1, -0.05) is 49.3 Å². The van der Waals surface area contributed by atoms with E-state index < -0.39 is 0 Å². The highest BCUT2D eigenvalue weighted by atomic mass is 32.2. The molecule has 3 aliphatic rings. The predicted molar refractivity (Wildman–Crippen MR) is 140 cm³/mol. The van der Waals surface area contributed by atoms with Crippen molar-refractivity contribution in [2.75, 3.05) is 18.0 Å². The lowest BCUT2D eigenvalue weighted by Crippen LogP contribution is -2.46. The molecule has 5 rings (SSSR count). The van der Waals surface area contributed by atoms with Gasteiger partial charge in [0.25, 0.3) is 11.5 Å². The highest BCUT2D eigenvalue weighted by Crippen LogP contribution is 2.38. The molecule has 0 bridgehead atoms. The summed E-state index contributed by atoms with van der Waals surface area (Å²) in [6.07, 6.45) is 8.88. The molecular formula is C25H30N4O3S2. The zero-order chi connectivity index (χ0) is 24.0. The summed E-state index contributed by atoms with van der Waals surface area (Å²) in [6, 6.07) is 3.95. The van der Waals surface area contributed by atoms with E-state index in [1.165, 1.54) is 18.2 Å². The number of hydrogen-bond acceptors (Lipinski definition) is 7. The monoisotopic (exact) mass is 498 g/mol. The molecule has 0 spiro atoms. The van der Waals surface area contributed by atoms with E-state index in [-0.39, 0.29) is 29.7 Å². The number of nitrogens with zero attached hydrogens (tertiary/aromatic N) is 4. The van der Waals surface area contributed by atoms with E-state index >= 15 is 0 Å². The van der Waals surface area contributed by atoms with E-state index in [0.717, 1.165) is 31.2 Å². The maximum atomic E-state index is 13.7. The Morgan fingerprint density at radius 2 is 1.85 bits per heavy atom. The Bertz CT molecular complexity index is 1220. The van der Waals surface area contributed by atoms with Gasteiger partial charge in [0.2, 0.25) is 0 Å². The van der Waals surface area contributed by atoms with E-state index in [4.69, 9.17) is 21.9 Å². The average Bonchev–Trinajstić information content (AvgIpc) is 3.08. The quantitative estimate of drug-likeness (QED) is 0.465. The third-order valence-electron chi connectivity index (χ3n) is 6.82. The van der Waals surface area contributed by atoms with Crippen molar-refractivity contribution in [3.8, 4) is 0 Å². The van der Waals surface area contributed by atoms with Crippen LogP contribution in [-0.2, 0) is 9.53 Å². The third kappa shape index (κ3) is 4.29. The number of morpholine rings is 1. The molecule has 2 saturated heterocycles. The van der Waals surface area contributed by atoms with Gasteiger partial charge < -0.3 is 9.64 Å². The Morgan fingerprint density at radius 1 is 1.15 bits per heavy atom. The van der Waals surface area contributed by atoms with Crippen LogP contribution in [0, 0.1) is 6.92 Å². The molecule has 1 aliphatic carbocycles. The Hall–Kier alpha value is -2.23. The molecule has 0 N–H and O–H groups in total. The van der Waals surface area contributed by atoms with Crippen molar-refractivity contribution in [3.63, 3.8) is 0 Å². The number of carbonyl (C=O) groups is 1. The standard InChI is InChI=1S/C25H30N4O3S2/c1-15-8-7-11-28-21(15)26-22(27-13-16(2)32-17(3)14-27)19(23(28)30)12-20-24(31)29(25(33)34-20)18-9-5-4-6-10-18/h7-8,11-12,16-18H,4-6,9-10,13-14H2,1-3H3/b20-12-/t16-,17-/m0/s1. The molecule has 0 aromatic carbocycles. The summed E-state index contributed by atoms with van der Waals surface area (Å²) in [7, 11) is 0. The summed E-state index contributed by atoms with van der Waals surface area (Å²) in [5.74, 6) is 0.509. The highest BCUT2D eigenvalue weighted by molar-refractivity contribution is 8.26. The molecule has 1 saturated carbocycles. The second-order valence-electron chi connectivity index (χ2n) is 9.54. The topological polar surface area (TPSA) is 67.2 Å². The lowest BCUT2D eigenvalue weighted by molar-refractivity contribution is -0.124. The van der Waals surface area contributed by atoms with Crippen LogP contribution in [-0.4, -0.2) is 55.9 Å². The van der Waals surface area contributed by atoms with Crippen molar-refractivity contribution >= 4 is 51.7 Å². The van der Waals surface area contributed by atoms with Gasteiger partial charge in [0, 0.05) is 25.3 Å². The number of aromatic nitrogens is 2. The number of pyridine rings is 1. The highest BCUT2D eigenvalue weighted by Gasteiger charge is 2.38. The van der Waals surface area contributed by atoms with E-state index in [1.54, 1.807) is 21.6 Å². The van der Waals surface area contributed by atoms with Crippen LogP contribution < -0.4 is 10.5 Å². The normalized spacial score (nSPS) is 25.7. The van der Waals surface area contributed by atoms with Crippen LogP contribution in [0.25, 0.3) is 11.7 Å². The molecule has 0 unspecified atom stereocenters. The average molecular weight is 499 g/mol. The smallest absolute Gasteiger partial charge is 0.267 e. The van der Waals surface area contributed by atoms with E-state index in [2.05, 4.69) is 4.90 Å². The number of anilines is 1. The van der Waals surface area contributed by atoms with Crippen molar-refractivity contribution in [1.82, 2.24) is 14.3 Å². The van der Waals surface area contributed by atoms with Gasteiger partial charge in [0.1, 0.15) is 15.8 Å². The number of aryl methyl sites for hydroxylation is 1. The minimum Gasteiger partial charge on any atom is -0.372 e. The lowest BCUT2D eigenvalue weighted by atomic mass is 9.94. The first kappa shape index (κ1) is 23.5. The number of hydrogen-bond donors (Lipinski definition) is 0. The number of thiocarbonyl (C=S) groups is 1. The van der Waals surface area contributed by atoms with Gasteiger partial charge >= 0.3 is 0 Å². The largest absolute Gasteiger partial charge is 0.372 e. The van der Waals surface area contributed by atoms with Crippen LogP contribution in [0.3, 0.4) is 0 Å². The molecule has 2 atom stereocenters. The Balaban J connectivity index is 1.62. The van der Waals surface area contributed by atoms with Crippen LogP contribution in [0.4, 0.5) is 5.82 Å².